The summed E-state index contributed by atoms with van der Waals surface area (Å²) in [6, 6.07) is 1.30. The standard InChI is InChI=1S/C26H54BrClSi/c1-29(2,28)26-24-22-20-18-16-14-12-10-8-6-4-3-5-7-9-11-13-15-17-19-21-23-25-27/h3-26H2,1-2H3. The zero-order valence-electron chi connectivity index (χ0n) is 20.2. The van der Waals surface area contributed by atoms with Crippen molar-refractivity contribution >= 4 is 34.4 Å². The topological polar surface area (TPSA) is 0 Å². The van der Waals surface area contributed by atoms with Gasteiger partial charge in [-0.1, -0.05) is 164 Å². The van der Waals surface area contributed by atoms with Crippen LogP contribution in [-0.2, 0) is 0 Å². The molecule has 0 spiro atoms. The summed E-state index contributed by atoms with van der Waals surface area (Å²) < 4.78 is 0. The van der Waals surface area contributed by atoms with E-state index in [4.69, 9.17) is 11.1 Å². The SMILES string of the molecule is C[Si](C)(Cl)CCCCCCCCCCCCCCCCCCCCCCCCBr. The Morgan fingerprint density at radius 3 is 0.828 bits per heavy atom. The van der Waals surface area contributed by atoms with E-state index in [1.807, 2.05) is 0 Å². The molecule has 0 aromatic rings. The molecule has 0 rings (SSSR count). The molecule has 29 heavy (non-hydrogen) atoms. The average Bonchev–Trinajstić information content (AvgIpc) is 2.67. The number of rotatable bonds is 24. The number of alkyl halides is 1. The zero-order chi connectivity index (χ0) is 21.5. The van der Waals surface area contributed by atoms with Crippen molar-refractivity contribution in [1.29, 1.82) is 0 Å². The van der Waals surface area contributed by atoms with Gasteiger partial charge in [0.15, 0.2) is 0 Å². The number of halogens is 2. The van der Waals surface area contributed by atoms with Gasteiger partial charge in [-0.3, -0.25) is 0 Å². The quantitative estimate of drug-likeness (QED) is 0.0525. The van der Waals surface area contributed by atoms with E-state index in [0.29, 0.717) is 0 Å². The molecular weight excluding hydrogens is 456 g/mol. The van der Waals surface area contributed by atoms with Crippen LogP contribution in [0.5, 0.6) is 0 Å². The summed E-state index contributed by atoms with van der Waals surface area (Å²) in [5.74, 6) is 0. The molecule has 0 unspecified atom stereocenters. The number of unbranched alkanes of at least 4 members (excludes halogenated alkanes) is 21. The van der Waals surface area contributed by atoms with Crippen LogP contribution in [0.4, 0.5) is 0 Å². The van der Waals surface area contributed by atoms with Crippen molar-refractivity contribution in [3.8, 4) is 0 Å². The van der Waals surface area contributed by atoms with Crippen molar-refractivity contribution in [2.24, 2.45) is 0 Å². The maximum atomic E-state index is 6.37. The molecule has 0 aliphatic heterocycles. The Morgan fingerprint density at radius 2 is 0.621 bits per heavy atom. The summed E-state index contributed by atoms with van der Waals surface area (Å²) in [4.78, 5) is 0. The molecular formula is C26H54BrClSi. The first-order chi connectivity index (χ1) is 14.1. The minimum atomic E-state index is -1.30. The smallest absolute Gasteiger partial charge is 0.150 e. The summed E-state index contributed by atoms with van der Waals surface area (Å²) in [5.41, 5.74) is 0. The fraction of sp³-hybridized carbons (Fsp3) is 1.00. The molecule has 0 N–H and O–H groups in total. The fourth-order valence-electron chi connectivity index (χ4n) is 4.18. The third-order valence-electron chi connectivity index (χ3n) is 6.15. The van der Waals surface area contributed by atoms with E-state index >= 15 is 0 Å². The van der Waals surface area contributed by atoms with Gasteiger partial charge in [-0.2, -0.15) is 11.1 Å². The van der Waals surface area contributed by atoms with Gasteiger partial charge in [0.2, 0.25) is 0 Å². The van der Waals surface area contributed by atoms with Crippen LogP contribution < -0.4 is 0 Å². The molecule has 0 radical (unpaired) electrons. The second kappa shape index (κ2) is 23.6. The second-order valence-corrected chi connectivity index (χ2v) is 17.7. The molecule has 0 aromatic carbocycles. The van der Waals surface area contributed by atoms with Crippen molar-refractivity contribution in [3.05, 3.63) is 0 Å². The maximum Gasteiger partial charge on any atom is 0.150 e. The number of hydrogen-bond donors (Lipinski definition) is 0. The molecule has 3 heteroatoms. The summed E-state index contributed by atoms with van der Waals surface area (Å²) in [5, 5.41) is 1.18. The first-order valence-corrected chi connectivity index (χ1v) is 18.7. The summed E-state index contributed by atoms with van der Waals surface area (Å²) >= 11 is 9.88. The molecule has 0 aliphatic rings. The van der Waals surface area contributed by atoms with E-state index in [9.17, 15) is 0 Å². The van der Waals surface area contributed by atoms with E-state index in [-0.39, 0.29) is 0 Å². The lowest BCUT2D eigenvalue weighted by molar-refractivity contribution is 0.520. The molecule has 0 bridgehead atoms. The molecule has 0 heterocycles. The highest BCUT2D eigenvalue weighted by atomic mass is 79.9. The molecule has 0 saturated carbocycles. The van der Waals surface area contributed by atoms with E-state index in [1.165, 1.54) is 153 Å². The van der Waals surface area contributed by atoms with Gasteiger partial charge in [0.1, 0.15) is 7.38 Å². The lowest BCUT2D eigenvalue weighted by atomic mass is 10.0. The third kappa shape index (κ3) is 29.0. The molecule has 0 aromatic heterocycles. The van der Waals surface area contributed by atoms with Crippen molar-refractivity contribution in [2.45, 2.75) is 160 Å². The monoisotopic (exact) mass is 508 g/mol. The van der Waals surface area contributed by atoms with Gasteiger partial charge in [-0.25, -0.2) is 0 Å². The maximum absolute atomic E-state index is 6.37. The van der Waals surface area contributed by atoms with Crippen molar-refractivity contribution in [3.63, 3.8) is 0 Å². The second-order valence-electron chi connectivity index (χ2n) is 9.94. The van der Waals surface area contributed by atoms with Gasteiger partial charge in [-0.05, 0) is 12.5 Å². The van der Waals surface area contributed by atoms with E-state index < -0.39 is 7.38 Å². The summed E-state index contributed by atoms with van der Waals surface area (Å²) in [6.07, 6.45) is 32.0. The highest BCUT2D eigenvalue weighted by Crippen LogP contribution is 2.19. The van der Waals surface area contributed by atoms with Gasteiger partial charge in [0, 0.05) is 5.33 Å². The van der Waals surface area contributed by atoms with Crippen LogP contribution in [0.15, 0.2) is 0 Å². The summed E-state index contributed by atoms with van der Waals surface area (Å²) in [6.45, 7) is 4.54. The predicted octanol–water partition coefficient (Wildman–Crippen LogP) is 11.4. The van der Waals surface area contributed by atoms with E-state index in [1.54, 1.807) is 0 Å². The Hall–Kier alpha value is 0.987. The molecule has 0 atom stereocenters. The van der Waals surface area contributed by atoms with Crippen LogP contribution in [0.2, 0.25) is 19.1 Å². The van der Waals surface area contributed by atoms with Crippen LogP contribution in [0.25, 0.3) is 0 Å². The van der Waals surface area contributed by atoms with Crippen molar-refractivity contribution in [1.82, 2.24) is 0 Å². The third-order valence-corrected chi connectivity index (χ3v) is 8.83. The minimum absolute atomic E-state index is 1.18. The Kier molecular flexibility index (Phi) is 24.5. The van der Waals surface area contributed by atoms with Crippen LogP contribution >= 0.6 is 27.0 Å². The summed E-state index contributed by atoms with van der Waals surface area (Å²) in [7, 11) is -1.30. The van der Waals surface area contributed by atoms with Gasteiger partial charge in [0.05, 0.1) is 0 Å². The van der Waals surface area contributed by atoms with Gasteiger partial charge >= 0.3 is 0 Å². The fourth-order valence-corrected chi connectivity index (χ4v) is 6.06. The van der Waals surface area contributed by atoms with E-state index in [0.717, 1.165) is 0 Å². The molecule has 0 amide bonds. The van der Waals surface area contributed by atoms with Crippen LogP contribution in [-0.4, -0.2) is 12.7 Å². The molecule has 176 valence electrons. The Morgan fingerprint density at radius 1 is 0.414 bits per heavy atom. The van der Waals surface area contributed by atoms with Gasteiger partial charge in [0.25, 0.3) is 0 Å². The lowest BCUT2D eigenvalue weighted by Crippen LogP contribution is -2.14. The molecule has 0 nitrogen and oxygen atoms in total. The van der Waals surface area contributed by atoms with Crippen molar-refractivity contribution < 1.29 is 0 Å². The molecule has 0 aliphatic carbocycles. The zero-order valence-corrected chi connectivity index (χ0v) is 23.6. The first-order valence-electron chi connectivity index (χ1n) is 13.3. The van der Waals surface area contributed by atoms with Crippen LogP contribution in [0, 0.1) is 0 Å². The Labute approximate surface area is 199 Å². The average molecular weight is 510 g/mol. The van der Waals surface area contributed by atoms with Crippen molar-refractivity contribution in [2.75, 3.05) is 5.33 Å². The van der Waals surface area contributed by atoms with E-state index in [2.05, 4.69) is 29.0 Å². The molecule has 0 saturated heterocycles. The Balaban J connectivity index is 3.02. The Bertz CT molecular complexity index is 304. The van der Waals surface area contributed by atoms with Crippen LogP contribution in [0.1, 0.15) is 141 Å². The normalized spacial score (nSPS) is 12.0. The molecule has 0 fully saturated rings. The predicted molar refractivity (Wildman–Crippen MR) is 144 cm³/mol. The van der Waals surface area contributed by atoms with Gasteiger partial charge in [-0.15, -0.1) is 0 Å². The largest absolute Gasteiger partial charge is 0.168 e. The lowest BCUT2D eigenvalue weighted by Gasteiger charge is -2.11. The highest BCUT2D eigenvalue weighted by molar-refractivity contribution is 9.09. The highest BCUT2D eigenvalue weighted by Gasteiger charge is 2.15. The minimum Gasteiger partial charge on any atom is -0.168 e. The number of hydrogen-bond acceptors (Lipinski definition) is 0. The van der Waals surface area contributed by atoms with Crippen LogP contribution in [0.3, 0.4) is 0 Å². The first kappa shape index (κ1) is 30.0. The van der Waals surface area contributed by atoms with Gasteiger partial charge < -0.3 is 0 Å².